The summed E-state index contributed by atoms with van der Waals surface area (Å²) in [6.45, 7) is 0. The molecular formula is C11H8Cl2N4S. The average molecular weight is 299 g/mol. The van der Waals surface area contributed by atoms with Crippen molar-refractivity contribution in [3.05, 3.63) is 27.7 Å². The van der Waals surface area contributed by atoms with E-state index in [1.165, 1.54) is 11.8 Å². The summed E-state index contributed by atoms with van der Waals surface area (Å²) in [7, 11) is 0. The van der Waals surface area contributed by atoms with Gasteiger partial charge >= 0.3 is 0 Å². The van der Waals surface area contributed by atoms with Gasteiger partial charge in [0.2, 0.25) is 0 Å². The minimum absolute atomic E-state index is 0.231. The molecule has 0 unspecified atom stereocenters. The highest BCUT2D eigenvalue weighted by molar-refractivity contribution is 8.13. The number of nitrogens with zero attached hydrogens (tertiary/aromatic N) is 3. The number of nitrogens with one attached hydrogen (secondary N) is 1. The number of thioether (sulfide) groups is 1. The Kier molecular flexibility index (Phi) is 5.80. The van der Waals surface area contributed by atoms with Gasteiger partial charge in [-0.1, -0.05) is 35.0 Å². The van der Waals surface area contributed by atoms with Gasteiger partial charge in [0.25, 0.3) is 0 Å². The van der Waals surface area contributed by atoms with Crippen LogP contribution in [-0.4, -0.2) is 11.4 Å². The maximum atomic E-state index is 8.61. The first-order chi connectivity index (χ1) is 8.62. The van der Waals surface area contributed by atoms with Crippen molar-refractivity contribution in [3.63, 3.8) is 0 Å². The standard InChI is InChI=1S/C11H8Cl2N4S/c1-18-11(16-6-15)17-10-8(12)4-7(2-3-14)5-9(10)13/h4-5H,2H2,1H3,(H,16,17). The van der Waals surface area contributed by atoms with Crippen LogP contribution < -0.4 is 5.32 Å². The predicted molar refractivity (Wildman–Crippen MR) is 75.1 cm³/mol. The summed E-state index contributed by atoms with van der Waals surface area (Å²) in [6, 6.07) is 5.29. The number of amidine groups is 1. The van der Waals surface area contributed by atoms with E-state index in [1.54, 1.807) is 24.6 Å². The molecule has 92 valence electrons. The van der Waals surface area contributed by atoms with Crippen molar-refractivity contribution in [1.82, 2.24) is 5.32 Å². The van der Waals surface area contributed by atoms with E-state index in [-0.39, 0.29) is 6.42 Å². The van der Waals surface area contributed by atoms with Crippen molar-refractivity contribution in [3.8, 4) is 12.3 Å². The molecule has 1 rings (SSSR count). The van der Waals surface area contributed by atoms with Crippen LogP contribution in [0.5, 0.6) is 0 Å². The molecular weight excluding hydrogens is 291 g/mol. The van der Waals surface area contributed by atoms with Crippen molar-refractivity contribution >= 4 is 45.8 Å². The average Bonchev–Trinajstić information content (AvgIpc) is 2.32. The van der Waals surface area contributed by atoms with E-state index in [9.17, 15) is 0 Å². The monoisotopic (exact) mass is 298 g/mol. The molecule has 1 aromatic carbocycles. The van der Waals surface area contributed by atoms with Crippen LogP contribution in [0.25, 0.3) is 0 Å². The highest BCUT2D eigenvalue weighted by atomic mass is 35.5. The summed E-state index contributed by atoms with van der Waals surface area (Å²) in [6.07, 6.45) is 3.78. The lowest BCUT2D eigenvalue weighted by molar-refractivity contribution is 1.25. The van der Waals surface area contributed by atoms with Crippen LogP contribution >= 0.6 is 35.0 Å². The molecule has 0 fully saturated rings. The fourth-order valence-electron chi connectivity index (χ4n) is 1.19. The molecule has 0 aliphatic rings. The Labute approximate surface area is 119 Å². The molecule has 0 heterocycles. The molecule has 0 aliphatic carbocycles. The van der Waals surface area contributed by atoms with E-state index in [2.05, 4.69) is 10.3 Å². The molecule has 18 heavy (non-hydrogen) atoms. The fraction of sp³-hybridized carbons (Fsp3) is 0.182. The largest absolute Gasteiger partial charge is 0.271 e. The first kappa shape index (κ1) is 14.7. The van der Waals surface area contributed by atoms with E-state index < -0.39 is 0 Å². The number of rotatable bonds is 2. The third kappa shape index (κ3) is 3.82. The van der Waals surface area contributed by atoms with Crippen LogP contribution in [0.1, 0.15) is 5.56 Å². The second-order valence-electron chi connectivity index (χ2n) is 3.10. The third-order valence-corrected chi connectivity index (χ3v) is 3.09. The van der Waals surface area contributed by atoms with Crippen LogP contribution in [0.15, 0.2) is 17.1 Å². The summed E-state index contributed by atoms with van der Waals surface area (Å²) >= 11 is 13.4. The van der Waals surface area contributed by atoms with Crippen molar-refractivity contribution in [2.45, 2.75) is 6.42 Å². The third-order valence-electron chi connectivity index (χ3n) is 1.93. The summed E-state index contributed by atoms with van der Waals surface area (Å²) < 4.78 is 0. The van der Waals surface area contributed by atoms with Gasteiger partial charge in [-0.3, -0.25) is 5.32 Å². The van der Waals surface area contributed by atoms with E-state index in [0.29, 0.717) is 20.9 Å². The lowest BCUT2D eigenvalue weighted by atomic mass is 10.1. The van der Waals surface area contributed by atoms with Gasteiger partial charge in [-0.2, -0.15) is 10.5 Å². The second kappa shape index (κ2) is 7.13. The van der Waals surface area contributed by atoms with Crippen LogP contribution in [-0.2, 0) is 6.42 Å². The Bertz CT molecular complexity index is 534. The number of nitriles is 2. The molecule has 0 atom stereocenters. The highest BCUT2D eigenvalue weighted by Crippen LogP contribution is 2.35. The SMILES string of the molecule is CSC(=Nc1c(Cl)cc(CC#N)cc1Cl)NC#N. The Balaban J connectivity index is 3.19. The smallest absolute Gasteiger partial charge is 0.183 e. The molecule has 7 heteroatoms. The molecule has 0 amide bonds. The molecule has 0 aromatic heterocycles. The summed E-state index contributed by atoms with van der Waals surface area (Å²) in [5.74, 6) is 0. The molecule has 4 nitrogen and oxygen atoms in total. The zero-order valence-corrected chi connectivity index (χ0v) is 11.7. The summed E-state index contributed by atoms with van der Waals surface area (Å²) in [5, 5.41) is 20.7. The lowest BCUT2D eigenvalue weighted by Gasteiger charge is -2.06. The Morgan fingerprint density at radius 1 is 1.39 bits per heavy atom. The highest BCUT2D eigenvalue weighted by Gasteiger charge is 2.09. The van der Waals surface area contributed by atoms with Crippen molar-refractivity contribution in [1.29, 1.82) is 10.5 Å². The minimum atomic E-state index is 0.231. The van der Waals surface area contributed by atoms with E-state index in [0.717, 1.165) is 5.56 Å². The minimum Gasteiger partial charge on any atom is -0.271 e. The molecule has 0 aliphatic heterocycles. The number of benzene rings is 1. The Morgan fingerprint density at radius 2 is 2.00 bits per heavy atom. The predicted octanol–water partition coefficient (Wildman–Crippen LogP) is 3.48. The Hall–Kier alpha value is -1.40. The number of halogens is 2. The first-order valence-electron chi connectivity index (χ1n) is 4.75. The number of aliphatic imine (C=N–C) groups is 1. The van der Waals surface area contributed by atoms with Crippen molar-refractivity contribution in [2.24, 2.45) is 4.99 Å². The quantitative estimate of drug-likeness (QED) is 0.393. The van der Waals surface area contributed by atoms with Gasteiger partial charge in [0, 0.05) is 0 Å². The molecule has 0 saturated carbocycles. The van der Waals surface area contributed by atoms with Gasteiger partial charge in [0.05, 0.1) is 22.5 Å². The van der Waals surface area contributed by atoms with Gasteiger partial charge in [0.1, 0.15) is 5.69 Å². The van der Waals surface area contributed by atoms with Crippen molar-refractivity contribution < 1.29 is 0 Å². The zero-order chi connectivity index (χ0) is 13.5. The fourth-order valence-corrected chi connectivity index (χ4v) is 2.14. The van der Waals surface area contributed by atoms with Gasteiger partial charge in [-0.15, -0.1) is 0 Å². The van der Waals surface area contributed by atoms with Gasteiger partial charge in [-0.25, -0.2) is 4.99 Å². The molecule has 1 aromatic rings. The summed E-state index contributed by atoms with van der Waals surface area (Å²) in [4.78, 5) is 4.17. The number of hydrogen-bond donors (Lipinski definition) is 1. The molecule has 0 bridgehead atoms. The Morgan fingerprint density at radius 3 is 2.44 bits per heavy atom. The second-order valence-corrected chi connectivity index (χ2v) is 4.71. The molecule has 0 spiro atoms. The molecule has 0 radical (unpaired) electrons. The van der Waals surface area contributed by atoms with E-state index >= 15 is 0 Å². The molecule has 0 saturated heterocycles. The molecule has 1 N–H and O–H groups in total. The van der Waals surface area contributed by atoms with Crippen LogP contribution in [0.3, 0.4) is 0 Å². The topological polar surface area (TPSA) is 72.0 Å². The van der Waals surface area contributed by atoms with E-state index in [1.807, 2.05) is 6.07 Å². The van der Waals surface area contributed by atoms with Gasteiger partial charge < -0.3 is 0 Å². The van der Waals surface area contributed by atoms with Crippen molar-refractivity contribution in [2.75, 3.05) is 6.26 Å². The normalized spacial score (nSPS) is 10.6. The maximum Gasteiger partial charge on any atom is 0.183 e. The summed E-state index contributed by atoms with van der Waals surface area (Å²) in [5.41, 5.74) is 1.11. The zero-order valence-electron chi connectivity index (χ0n) is 9.37. The van der Waals surface area contributed by atoms with Gasteiger partial charge in [-0.05, 0) is 24.0 Å². The maximum absolute atomic E-state index is 8.61. The van der Waals surface area contributed by atoms with E-state index in [4.69, 9.17) is 33.7 Å². The van der Waals surface area contributed by atoms with Crippen LogP contribution in [0.2, 0.25) is 10.0 Å². The van der Waals surface area contributed by atoms with Crippen LogP contribution in [0.4, 0.5) is 5.69 Å². The number of hydrogen-bond acceptors (Lipinski definition) is 4. The lowest BCUT2D eigenvalue weighted by Crippen LogP contribution is -2.12. The van der Waals surface area contributed by atoms with Gasteiger partial charge in [0.15, 0.2) is 11.4 Å². The first-order valence-corrected chi connectivity index (χ1v) is 6.73. The van der Waals surface area contributed by atoms with Crippen LogP contribution in [0, 0.1) is 22.8 Å².